The topological polar surface area (TPSA) is 26.0 Å². The Morgan fingerprint density at radius 2 is 1.76 bits per heavy atom. The molecule has 0 saturated carbocycles. The Hall–Kier alpha value is -2.23. The minimum Gasteiger partial charge on any atom is -0.436 e. The molecule has 2 aromatic carbocycles. The zero-order valence-corrected chi connectivity index (χ0v) is 12.1. The highest BCUT2D eigenvalue weighted by Crippen LogP contribution is 2.30. The summed E-state index contributed by atoms with van der Waals surface area (Å²) in [6, 6.07) is 9.08. The van der Waals surface area contributed by atoms with E-state index in [2.05, 4.69) is 25.8 Å². The van der Waals surface area contributed by atoms with E-state index in [0.717, 1.165) is 11.6 Å². The Labute approximate surface area is 121 Å². The van der Waals surface area contributed by atoms with Crippen LogP contribution < -0.4 is 0 Å². The smallest absolute Gasteiger partial charge is 0.230 e. The molecule has 4 heteroatoms. The first-order valence-electron chi connectivity index (χ1n) is 6.71. The lowest BCUT2D eigenvalue weighted by molar-refractivity contribution is 0.571. The Morgan fingerprint density at radius 3 is 2.43 bits per heavy atom. The van der Waals surface area contributed by atoms with E-state index in [1.165, 1.54) is 12.1 Å². The summed E-state index contributed by atoms with van der Waals surface area (Å²) < 4.78 is 32.3. The molecule has 21 heavy (non-hydrogen) atoms. The Kier molecular flexibility index (Phi) is 3.04. The van der Waals surface area contributed by atoms with Crippen molar-refractivity contribution < 1.29 is 13.2 Å². The van der Waals surface area contributed by atoms with Gasteiger partial charge in [-0.15, -0.1) is 0 Å². The van der Waals surface area contributed by atoms with Gasteiger partial charge in [-0.1, -0.05) is 26.8 Å². The van der Waals surface area contributed by atoms with Crippen molar-refractivity contribution in [2.45, 2.75) is 26.2 Å². The third-order valence-electron chi connectivity index (χ3n) is 3.42. The second-order valence-electron chi connectivity index (χ2n) is 6.08. The fraction of sp³-hybridized carbons (Fsp3) is 0.235. The van der Waals surface area contributed by atoms with Crippen molar-refractivity contribution >= 4 is 11.1 Å². The molecule has 0 unspecified atom stereocenters. The van der Waals surface area contributed by atoms with Gasteiger partial charge in [0.15, 0.2) is 5.58 Å². The van der Waals surface area contributed by atoms with Crippen LogP contribution >= 0.6 is 0 Å². The molecule has 108 valence electrons. The van der Waals surface area contributed by atoms with E-state index in [4.69, 9.17) is 4.42 Å². The van der Waals surface area contributed by atoms with E-state index < -0.39 is 11.6 Å². The van der Waals surface area contributed by atoms with Crippen LogP contribution in [0.1, 0.15) is 26.3 Å². The molecule has 0 saturated heterocycles. The Bertz CT molecular complexity index is 815. The van der Waals surface area contributed by atoms with Crippen LogP contribution in [0.2, 0.25) is 0 Å². The first kappa shape index (κ1) is 13.7. The van der Waals surface area contributed by atoms with Crippen LogP contribution in [0.4, 0.5) is 8.78 Å². The summed E-state index contributed by atoms with van der Waals surface area (Å²) in [6.45, 7) is 6.32. The van der Waals surface area contributed by atoms with Crippen LogP contribution in [0.25, 0.3) is 22.6 Å². The number of nitrogens with zero attached hydrogens (tertiary/aromatic N) is 1. The van der Waals surface area contributed by atoms with Gasteiger partial charge in [-0.25, -0.2) is 13.8 Å². The van der Waals surface area contributed by atoms with Gasteiger partial charge in [0.2, 0.25) is 5.89 Å². The van der Waals surface area contributed by atoms with Crippen LogP contribution in [0.3, 0.4) is 0 Å². The van der Waals surface area contributed by atoms with Crippen molar-refractivity contribution in [2.75, 3.05) is 0 Å². The molecule has 3 rings (SSSR count). The van der Waals surface area contributed by atoms with E-state index in [1.807, 2.05) is 18.2 Å². The number of rotatable bonds is 1. The van der Waals surface area contributed by atoms with Crippen LogP contribution in [-0.2, 0) is 5.41 Å². The summed E-state index contributed by atoms with van der Waals surface area (Å²) >= 11 is 0. The predicted molar refractivity (Wildman–Crippen MR) is 78.1 cm³/mol. The zero-order valence-electron chi connectivity index (χ0n) is 12.1. The normalized spacial score (nSPS) is 12.0. The van der Waals surface area contributed by atoms with Gasteiger partial charge in [0.05, 0.1) is 5.56 Å². The van der Waals surface area contributed by atoms with E-state index >= 15 is 0 Å². The van der Waals surface area contributed by atoms with E-state index in [-0.39, 0.29) is 16.9 Å². The van der Waals surface area contributed by atoms with Gasteiger partial charge in [0, 0.05) is 6.07 Å². The summed E-state index contributed by atoms with van der Waals surface area (Å²) in [5, 5.41) is 0. The van der Waals surface area contributed by atoms with Crippen molar-refractivity contribution in [1.29, 1.82) is 0 Å². The fourth-order valence-electron chi connectivity index (χ4n) is 2.17. The maximum Gasteiger partial charge on any atom is 0.230 e. The number of halogens is 2. The van der Waals surface area contributed by atoms with Gasteiger partial charge in [-0.2, -0.15) is 0 Å². The number of aromatic nitrogens is 1. The molecule has 0 fully saturated rings. The van der Waals surface area contributed by atoms with Crippen LogP contribution in [0.15, 0.2) is 40.8 Å². The van der Waals surface area contributed by atoms with Crippen LogP contribution in [0, 0.1) is 11.6 Å². The monoisotopic (exact) mass is 287 g/mol. The van der Waals surface area contributed by atoms with E-state index in [0.29, 0.717) is 11.1 Å². The summed E-state index contributed by atoms with van der Waals surface area (Å²) in [7, 11) is 0. The summed E-state index contributed by atoms with van der Waals surface area (Å²) in [4.78, 5) is 4.32. The minimum atomic E-state index is -0.683. The lowest BCUT2D eigenvalue weighted by Crippen LogP contribution is -2.10. The molecule has 0 radical (unpaired) electrons. The first-order valence-corrected chi connectivity index (χ1v) is 6.71. The van der Waals surface area contributed by atoms with Gasteiger partial charge in [0.1, 0.15) is 17.2 Å². The highest BCUT2D eigenvalue weighted by Gasteiger charge is 2.17. The summed E-state index contributed by atoms with van der Waals surface area (Å²) in [6.07, 6.45) is 0. The minimum absolute atomic E-state index is 0.00553. The molecule has 1 aromatic heterocycles. The average molecular weight is 287 g/mol. The average Bonchev–Trinajstić information content (AvgIpc) is 2.79. The SMILES string of the molecule is CC(C)(C)c1ccc2oc(-c3ccc(F)cc3F)nc2c1. The van der Waals surface area contributed by atoms with Gasteiger partial charge in [0.25, 0.3) is 0 Å². The fourth-order valence-corrected chi connectivity index (χ4v) is 2.17. The quantitative estimate of drug-likeness (QED) is 0.624. The molecular formula is C17H15F2NO. The Morgan fingerprint density at radius 1 is 1.00 bits per heavy atom. The number of benzene rings is 2. The molecule has 0 atom stereocenters. The van der Waals surface area contributed by atoms with Gasteiger partial charge >= 0.3 is 0 Å². The molecule has 3 aromatic rings. The number of hydrogen-bond donors (Lipinski definition) is 0. The molecule has 0 spiro atoms. The lowest BCUT2D eigenvalue weighted by Gasteiger charge is -2.18. The predicted octanol–water partition coefficient (Wildman–Crippen LogP) is 5.07. The second kappa shape index (κ2) is 4.65. The first-order chi connectivity index (χ1) is 9.84. The largest absolute Gasteiger partial charge is 0.436 e. The highest BCUT2D eigenvalue weighted by atomic mass is 19.1. The van der Waals surface area contributed by atoms with E-state index in [9.17, 15) is 8.78 Å². The van der Waals surface area contributed by atoms with Crippen molar-refractivity contribution in [3.8, 4) is 11.5 Å². The molecule has 1 heterocycles. The van der Waals surface area contributed by atoms with Crippen molar-refractivity contribution in [1.82, 2.24) is 4.98 Å². The second-order valence-corrected chi connectivity index (χ2v) is 6.08. The molecule has 0 aliphatic heterocycles. The van der Waals surface area contributed by atoms with Gasteiger partial charge in [-0.3, -0.25) is 0 Å². The molecule has 0 amide bonds. The maximum atomic E-state index is 13.8. The zero-order chi connectivity index (χ0) is 15.2. The number of hydrogen-bond acceptors (Lipinski definition) is 2. The van der Waals surface area contributed by atoms with Crippen LogP contribution in [0.5, 0.6) is 0 Å². The molecule has 2 nitrogen and oxygen atoms in total. The number of oxazole rings is 1. The van der Waals surface area contributed by atoms with Crippen molar-refractivity contribution in [3.63, 3.8) is 0 Å². The third kappa shape index (κ3) is 2.53. The molecule has 0 N–H and O–H groups in total. The van der Waals surface area contributed by atoms with Crippen LogP contribution in [-0.4, -0.2) is 4.98 Å². The van der Waals surface area contributed by atoms with Gasteiger partial charge < -0.3 is 4.42 Å². The Balaban J connectivity index is 2.13. The van der Waals surface area contributed by atoms with Gasteiger partial charge in [-0.05, 0) is 35.2 Å². The number of fused-ring (bicyclic) bond motifs is 1. The van der Waals surface area contributed by atoms with Crippen molar-refractivity contribution in [3.05, 3.63) is 53.6 Å². The highest BCUT2D eigenvalue weighted by molar-refractivity contribution is 5.77. The molecule has 0 bridgehead atoms. The third-order valence-corrected chi connectivity index (χ3v) is 3.42. The van der Waals surface area contributed by atoms with E-state index in [1.54, 1.807) is 0 Å². The molecule has 0 aliphatic carbocycles. The molecule has 0 aliphatic rings. The standard InChI is InChI=1S/C17H15F2NO/c1-17(2,3)10-4-7-15-14(8-10)20-16(21-15)12-6-5-11(18)9-13(12)19/h4-9H,1-3H3. The maximum absolute atomic E-state index is 13.8. The van der Waals surface area contributed by atoms with Crippen molar-refractivity contribution in [2.24, 2.45) is 0 Å². The lowest BCUT2D eigenvalue weighted by atomic mass is 9.87. The summed E-state index contributed by atoms with van der Waals surface area (Å²) in [5.74, 6) is -1.14. The summed E-state index contributed by atoms with van der Waals surface area (Å²) in [5.41, 5.74) is 2.52. The molecular weight excluding hydrogens is 272 g/mol.